The molecule has 2 aliphatic rings. The zero-order chi connectivity index (χ0) is 21.5. The van der Waals surface area contributed by atoms with Crippen molar-refractivity contribution < 1.29 is 18.3 Å². The smallest absolute Gasteiger partial charge is 0.417 e. The number of halogens is 3. The van der Waals surface area contributed by atoms with Crippen LogP contribution in [0.15, 0.2) is 18.2 Å². The van der Waals surface area contributed by atoms with Crippen LogP contribution in [0.25, 0.3) is 11.3 Å². The summed E-state index contributed by atoms with van der Waals surface area (Å²) < 4.78 is 40.9. The summed E-state index contributed by atoms with van der Waals surface area (Å²) in [6.07, 6.45) is -1.04. The van der Waals surface area contributed by atoms with Crippen molar-refractivity contribution in [1.29, 1.82) is 5.26 Å². The van der Waals surface area contributed by atoms with Gasteiger partial charge in [0.15, 0.2) is 5.82 Å². The molecule has 1 N–H and O–H groups in total. The van der Waals surface area contributed by atoms with Crippen molar-refractivity contribution in [2.75, 3.05) is 31.6 Å². The number of alkyl halides is 3. The minimum atomic E-state index is -4.74. The monoisotopic (exact) mass is 417 g/mol. The number of hydrogen-bond acceptors (Lipinski definition) is 6. The lowest BCUT2D eigenvalue weighted by atomic mass is 9.96. The number of nitriles is 1. The van der Waals surface area contributed by atoms with Gasteiger partial charge < -0.3 is 14.9 Å². The average molecular weight is 417 g/mol. The summed E-state index contributed by atoms with van der Waals surface area (Å²) in [4.78, 5) is 4.49. The van der Waals surface area contributed by atoms with E-state index in [9.17, 15) is 18.3 Å². The van der Waals surface area contributed by atoms with Gasteiger partial charge in [-0.1, -0.05) is 0 Å². The number of phenolic OH excluding ortho intramolecular Hbond substituents is 1. The second-order valence-corrected chi connectivity index (χ2v) is 7.96. The molecule has 1 fully saturated rings. The third-order valence-electron chi connectivity index (χ3n) is 5.82. The number of likely N-dealkylation sites (tertiary alicyclic amines) is 1. The summed E-state index contributed by atoms with van der Waals surface area (Å²) in [5.41, 5.74) is -0.995. The van der Waals surface area contributed by atoms with Gasteiger partial charge in [0, 0.05) is 19.1 Å². The Morgan fingerprint density at radius 2 is 1.97 bits per heavy atom. The Morgan fingerprint density at radius 1 is 1.17 bits per heavy atom. The number of rotatable bonds is 2. The van der Waals surface area contributed by atoms with Crippen molar-refractivity contribution in [1.82, 2.24) is 15.1 Å². The van der Waals surface area contributed by atoms with Crippen LogP contribution in [0.2, 0.25) is 0 Å². The van der Waals surface area contributed by atoms with E-state index >= 15 is 0 Å². The molecule has 1 atom stereocenters. The SMILES string of the molecule is CN1CCC[C@H](N2CCCc3cc(-c4c(O)cc(C#N)cc4C(F)(F)F)nnc32)C1. The van der Waals surface area contributed by atoms with E-state index in [1.54, 1.807) is 12.1 Å². The van der Waals surface area contributed by atoms with Crippen LogP contribution in [0.3, 0.4) is 0 Å². The second kappa shape index (κ2) is 7.76. The molecule has 0 radical (unpaired) electrons. The Morgan fingerprint density at radius 3 is 2.67 bits per heavy atom. The normalized spacial score (nSPS) is 20.0. The largest absolute Gasteiger partial charge is 0.507 e. The van der Waals surface area contributed by atoms with Crippen LogP contribution in [0, 0.1) is 11.3 Å². The summed E-state index contributed by atoms with van der Waals surface area (Å²) in [7, 11) is 2.08. The molecular formula is C21H22F3N5O. The molecule has 6 nitrogen and oxygen atoms in total. The van der Waals surface area contributed by atoms with Crippen molar-refractivity contribution in [3.8, 4) is 23.1 Å². The number of likely N-dealkylation sites (N-methyl/N-ethyl adjacent to an activating group) is 1. The van der Waals surface area contributed by atoms with Crippen LogP contribution >= 0.6 is 0 Å². The van der Waals surface area contributed by atoms with E-state index in [0.29, 0.717) is 18.3 Å². The molecule has 1 aromatic heterocycles. The van der Waals surface area contributed by atoms with Crippen LogP contribution < -0.4 is 4.90 Å². The van der Waals surface area contributed by atoms with E-state index in [1.165, 1.54) is 0 Å². The molecule has 3 heterocycles. The third kappa shape index (κ3) is 3.79. The molecule has 0 unspecified atom stereocenters. The number of phenols is 1. The highest BCUT2D eigenvalue weighted by atomic mass is 19.4. The molecule has 0 amide bonds. The van der Waals surface area contributed by atoms with E-state index in [4.69, 9.17) is 5.26 Å². The van der Waals surface area contributed by atoms with Gasteiger partial charge in [0.25, 0.3) is 0 Å². The Balaban J connectivity index is 1.76. The van der Waals surface area contributed by atoms with Gasteiger partial charge >= 0.3 is 6.18 Å². The Labute approximate surface area is 172 Å². The maximum absolute atomic E-state index is 13.6. The number of nitrogens with zero attached hydrogens (tertiary/aromatic N) is 5. The molecule has 1 saturated heterocycles. The molecule has 1 aromatic carbocycles. The number of hydrogen-bond donors (Lipinski definition) is 1. The molecule has 0 spiro atoms. The molecule has 0 saturated carbocycles. The fourth-order valence-electron chi connectivity index (χ4n) is 4.45. The molecule has 4 rings (SSSR count). The maximum atomic E-state index is 13.6. The number of aromatic nitrogens is 2. The van der Waals surface area contributed by atoms with Gasteiger partial charge in [-0.05, 0) is 63.0 Å². The van der Waals surface area contributed by atoms with Gasteiger partial charge in [0.2, 0.25) is 0 Å². The van der Waals surface area contributed by atoms with E-state index < -0.39 is 23.1 Å². The quantitative estimate of drug-likeness (QED) is 0.805. The highest BCUT2D eigenvalue weighted by molar-refractivity contribution is 5.74. The van der Waals surface area contributed by atoms with E-state index in [1.807, 2.05) is 0 Å². The second-order valence-electron chi connectivity index (χ2n) is 7.96. The Hall–Kier alpha value is -2.86. The minimum absolute atomic E-state index is 0.0364. The maximum Gasteiger partial charge on any atom is 0.417 e. The number of anilines is 1. The fraction of sp³-hybridized carbons (Fsp3) is 0.476. The van der Waals surface area contributed by atoms with Gasteiger partial charge in [-0.3, -0.25) is 0 Å². The first-order valence-corrected chi connectivity index (χ1v) is 9.94. The molecule has 9 heteroatoms. The molecule has 158 valence electrons. The van der Waals surface area contributed by atoms with E-state index in [0.717, 1.165) is 56.6 Å². The van der Waals surface area contributed by atoms with Gasteiger partial charge in [0.1, 0.15) is 5.75 Å². The van der Waals surface area contributed by atoms with Crippen molar-refractivity contribution >= 4 is 5.82 Å². The first-order chi connectivity index (χ1) is 14.3. The number of aromatic hydroxyl groups is 1. The highest BCUT2D eigenvalue weighted by Gasteiger charge is 2.37. The summed E-state index contributed by atoms with van der Waals surface area (Å²) in [5, 5.41) is 27.6. The lowest BCUT2D eigenvalue weighted by Gasteiger charge is -2.41. The van der Waals surface area contributed by atoms with Crippen molar-refractivity contribution in [2.45, 2.75) is 37.9 Å². The van der Waals surface area contributed by atoms with Crippen LogP contribution in [0.4, 0.5) is 19.0 Å². The summed E-state index contributed by atoms with van der Waals surface area (Å²) in [6.45, 7) is 2.81. The van der Waals surface area contributed by atoms with Crippen molar-refractivity contribution in [3.63, 3.8) is 0 Å². The first-order valence-electron chi connectivity index (χ1n) is 9.94. The number of fused-ring (bicyclic) bond motifs is 1. The van der Waals surface area contributed by atoms with Crippen molar-refractivity contribution in [2.24, 2.45) is 0 Å². The zero-order valence-electron chi connectivity index (χ0n) is 16.6. The molecular weight excluding hydrogens is 395 g/mol. The zero-order valence-corrected chi connectivity index (χ0v) is 16.6. The molecule has 0 aliphatic carbocycles. The molecule has 2 aromatic rings. The number of piperidine rings is 1. The van der Waals surface area contributed by atoms with Crippen LogP contribution in [-0.4, -0.2) is 52.9 Å². The van der Waals surface area contributed by atoms with Gasteiger partial charge in [-0.15, -0.1) is 10.2 Å². The van der Waals surface area contributed by atoms with Crippen LogP contribution in [-0.2, 0) is 12.6 Å². The predicted octanol–water partition coefficient (Wildman–Crippen LogP) is 3.59. The topological polar surface area (TPSA) is 76.3 Å². The predicted molar refractivity (Wildman–Crippen MR) is 105 cm³/mol. The fourth-order valence-corrected chi connectivity index (χ4v) is 4.45. The van der Waals surface area contributed by atoms with Gasteiger partial charge in [0.05, 0.1) is 28.5 Å². The third-order valence-corrected chi connectivity index (χ3v) is 5.82. The van der Waals surface area contributed by atoms with E-state index in [-0.39, 0.29) is 11.3 Å². The molecule has 2 aliphatic heterocycles. The number of aryl methyl sites for hydroxylation is 1. The van der Waals surface area contributed by atoms with Crippen LogP contribution in [0.1, 0.15) is 36.0 Å². The lowest BCUT2D eigenvalue weighted by molar-refractivity contribution is -0.137. The lowest BCUT2D eigenvalue weighted by Crippen LogP contribution is -2.49. The minimum Gasteiger partial charge on any atom is -0.507 e. The van der Waals surface area contributed by atoms with Gasteiger partial charge in [-0.25, -0.2) is 0 Å². The van der Waals surface area contributed by atoms with Crippen LogP contribution in [0.5, 0.6) is 5.75 Å². The number of benzene rings is 1. The van der Waals surface area contributed by atoms with Crippen molar-refractivity contribution in [3.05, 3.63) is 34.9 Å². The average Bonchev–Trinajstić information content (AvgIpc) is 2.71. The Bertz CT molecular complexity index is 1000. The first kappa shape index (κ1) is 20.4. The highest BCUT2D eigenvalue weighted by Crippen LogP contribution is 2.43. The Kier molecular flexibility index (Phi) is 5.28. The molecule has 30 heavy (non-hydrogen) atoms. The van der Waals surface area contributed by atoms with Gasteiger partial charge in [-0.2, -0.15) is 18.4 Å². The summed E-state index contributed by atoms with van der Waals surface area (Å²) >= 11 is 0. The standard InChI is InChI=1S/C21H22F3N5O/c1-28-6-3-5-15(12-28)29-7-2-4-14-10-17(26-27-20(14)29)19-16(21(22,23)24)8-13(11-25)9-18(19)30/h8-10,15,30H,2-7,12H2,1H3/t15-/m0/s1. The molecule has 0 bridgehead atoms. The summed E-state index contributed by atoms with van der Waals surface area (Å²) in [5.74, 6) is 0.0872. The van der Waals surface area contributed by atoms with E-state index in [2.05, 4.69) is 27.0 Å². The summed E-state index contributed by atoms with van der Waals surface area (Å²) in [6, 6.07) is 5.31.